The van der Waals surface area contributed by atoms with Crippen molar-refractivity contribution in [1.29, 1.82) is 0 Å². The van der Waals surface area contributed by atoms with Crippen molar-refractivity contribution in [2.24, 2.45) is 0 Å². The van der Waals surface area contributed by atoms with Gasteiger partial charge in [-0.05, 0) is 47.4 Å². The molecule has 4 aromatic rings. The SMILES string of the molecule is CC(C)(C)c1ccc(S(=O)(=O)Nc2ccc3[nH]c(C(=O)O)c(-c4cccnc4)c3c2)cc1. The average Bonchev–Trinajstić information content (AvgIpc) is 3.13. The van der Waals surface area contributed by atoms with Crippen molar-refractivity contribution in [3.63, 3.8) is 0 Å². The predicted molar refractivity (Wildman–Crippen MR) is 124 cm³/mol. The average molecular weight is 450 g/mol. The highest BCUT2D eigenvalue weighted by atomic mass is 32.2. The maximum atomic E-state index is 12.9. The third-order valence-corrected chi connectivity index (χ3v) is 6.64. The molecule has 0 radical (unpaired) electrons. The molecule has 3 N–H and O–H groups in total. The van der Waals surface area contributed by atoms with Gasteiger partial charge in [0.15, 0.2) is 0 Å². The van der Waals surface area contributed by atoms with E-state index in [1.807, 2.05) is 12.1 Å². The fourth-order valence-electron chi connectivity index (χ4n) is 3.57. The molecule has 0 saturated carbocycles. The Hall–Kier alpha value is -3.65. The molecule has 0 aliphatic heterocycles. The molecule has 0 atom stereocenters. The first-order valence-corrected chi connectivity index (χ1v) is 11.5. The molecule has 0 fully saturated rings. The van der Waals surface area contributed by atoms with Gasteiger partial charge >= 0.3 is 5.97 Å². The van der Waals surface area contributed by atoms with Crippen LogP contribution in [-0.4, -0.2) is 29.5 Å². The first kappa shape index (κ1) is 21.6. The van der Waals surface area contributed by atoms with E-state index < -0.39 is 16.0 Å². The zero-order chi connectivity index (χ0) is 23.1. The molecule has 0 unspecified atom stereocenters. The van der Waals surface area contributed by atoms with Gasteiger partial charge in [-0.15, -0.1) is 0 Å². The predicted octanol–water partition coefficient (Wildman–Crippen LogP) is 5.03. The third-order valence-electron chi connectivity index (χ3n) is 5.25. The van der Waals surface area contributed by atoms with Crippen molar-refractivity contribution in [1.82, 2.24) is 9.97 Å². The number of aromatic nitrogens is 2. The number of fused-ring (bicyclic) bond motifs is 1. The van der Waals surface area contributed by atoms with Crippen LogP contribution >= 0.6 is 0 Å². The summed E-state index contributed by atoms with van der Waals surface area (Å²) in [4.78, 5) is 18.9. The number of hydrogen-bond acceptors (Lipinski definition) is 4. The number of rotatable bonds is 5. The Labute approximate surface area is 186 Å². The number of benzene rings is 2. The number of anilines is 1. The molecule has 2 aromatic heterocycles. The second kappa shape index (κ2) is 7.80. The van der Waals surface area contributed by atoms with Crippen LogP contribution in [0.1, 0.15) is 36.8 Å². The molecule has 8 heteroatoms. The summed E-state index contributed by atoms with van der Waals surface area (Å²) < 4.78 is 28.5. The summed E-state index contributed by atoms with van der Waals surface area (Å²) in [6, 6.07) is 15.1. The van der Waals surface area contributed by atoms with E-state index in [1.165, 1.54) is 0 Å². The summed E-state index contributed by atoms with van der Waals surface area (Å²) >= 11 is 0. The molecule has 7 nitrogen and oxygen atoms in total. The van der Waals surface area contributed by atoms with Crippen LogP contribution in [0.3, 0.4) is 0 Å². The van der Waals surface area contributed by atoms with Crippen LogP contribution in [0.25, 0.3) is 22.0 Å². The second-order valence-electron chi connectivity index (χ2n) is 8.56. The Morgan fingerprint density at radius 2 is 1.78 bits per heavy atom. The van der Waals surface area contributed by atoms with Gasteiger partial charge in [0.1, 0.15) is 5.69 Å². The Bertz CT molecular complexity index is 1400. The van der Waals surface area contributed by atoms with Gasteiger partial charge in [-0.3, -0.25) is 9.71 Å². The lowest BCUT2D eigenvalue weighted by atomic mass is 9.87. The molecule has 0 aliphatic rings. The van der Waals surface area contributed by atoms with E-state index in [1.54, 1.807) is 54.9 Å². The number of H-pyrrole nitrogens is 1. The van der Waals surface area contributed by atoms with Crippen molar-refractivity contribution < 1.29 is 18.3 Å². The maximum absolute atomic E-state index is 12.9. The molecule has 32 heavy (non-hydrogen) atoms. The van der Waals surface area contributed by atoms with Crippen LogP contribution in [0.15, 0.2) is 71.9 Å². The molecule has 0 bridgehead atoms. The van der Waals surface area contributed by atoms with E-state index in [2.05, 4.69) is 35.5 Å². The summed E-state index contributed by atoms with van der Waals surface area (Å²) in [7, 11) is -3.82. The zero-order valence-electron chi connectivity index (χ0n) is 17.9. The zero-order valence-corrected chi connectivity index (χ0v) is 18.7. The van der Waals surface area contributed by atoms with E-state index in [0.717, 1.165) is 5.56 Å². The smallest absolute Gasteiger partial charge is 0.352 e. The quantitative estimate of drug-likeness (QED) is 0.396. The topological polar surface area (TPSA) is 112 Å². The lowest BCUT2D eigenvalue weighted by Gasteiger charge is -2.19. The Balaban J connectivity index is 1.75. The molecule has 0 spiro atoms. The lowest BCUT2D eigenvalue weighted by molar-refractivity contribution is 0.0692. The summed E-state index contributed by atoms with van der Waals surface area (Å²) in [5.74, 6) is -1.11. The number of pyridine rings is 1. The number of nitrogens with one attached hydrogen (secondary N) is 2. The molecular formula is C24H23N3O4S. The first-order valence-electron chi connectivity index (χ1n) is 9.99. The number of carbonyl (C=O) groups is 1. The minimum Gasteiger partial charge on any atom is -0.477 e. The Kier molecular flexibility index (Phi) is 5.26. The summed E-state index contributed by atoms with van der Waals surface area (Å²) in [6.07, 6.45) is 3.17. The van der Waals surface area contributed by atoms with E-state index in [9.17, 15) is 18.3 Å². The molecule has 0 amide bonds. The summed E-state index contributed by atoms with van der Waals surface area (Å²) in [6.45, 7) is 6.18. The highest BCUT2D eigenvalue weighted by Gasteiger charge is 2.21. The van der Waals surface area contributed by atoms with Gasteiger partial charge in [-0.1, -0.05) is 39.0 Å². The first-order chi connectivity index (χ1) is 15.1. The minimum absolute atomic E-state index is 0.0192. The van der Waals surface area contributed by atoms with Gasteiger partial charge in [0.25, 0.3) is 10.0 Å². The van der Waals surface area contributed by atoms with Gasteiger partial charge < -0.3 is 10.1 Å². The van der Waals surface area contributed by atoms with Crippen molar-refractivity contribution in [3.8, 4) is 11.1 Å². The van der Waals surface area contributed by atoms with Crippen LogP contribution in [-0.2, 0) is 15.4 Å². The number of carboxylic acids is 1. The van der Waals surface area contributed by atoms with Gasteiger partial charge in [0.2, 0.25) is 0 Å². The lowest BCUT2D eigenvalue weighted by Crippen LogP contribution is -2.14. The monoisotopic (exact) mass is 449 g/mol. The number of hydrogen-bond donors (Lipinski definition) is 3. The third kappa shape index (κ3) is 4.09. The fourth-order valence-corrected chi connectivity index (χ4v) is 4.62. The Morgan fingerprint density at radius 1 is 1.06 bits per heavy atom. The molecular weight excluding hydrogens is 426 g/mol. The fraction of sp³-hybridized carbons (Fsp3) is 0.167. The van der Waals surface area contributed by atoms with Crippen LogP contribution in [0.4, 0.5) is 5.69 Å². The molecule has 164 valence electrons. The van der Waals surface area contributed by atoms with Gasteiger partial charge in [-0.2, -0.15) is 0 Å². The van der Waals surface area contributed by atoms with E-state index in [4.69, 9.17) is 0 Å². The van der Waals surface area contributed by atoms with Gasteiger partial charge in [-0.25, -0.2) is 13.2 Å². The van der Waals surface area contributed by atoms with Gasteiger partial charge in [0.05, 0.1) is 4.90 Å². The molecule has 4 rings (SSSR count). The highest BCUT2D eigenvalue weighted by molar-refractivity contribution is 7.92. The number of aromatic carboxylic acids is 1. The van der Waals surface area contributed by atoms with Crippen molar-refractivity contribution in [2.45, 2.75) is 31.1 Å². The van der Waals surface area contributed by atoms with E-state index in [0.29, 0.717) is 27.7 Å². The normalized spacial score (nSPS) is 12.1. The van der Waals surface area contributed by atoms with Crippen molar-refractivity contribution in [3.05, 3.63) is 78.2 Å². The van der Waals surface area contributed by atoms with Crippen LogP contribution in [0.2, 0.25) is 0 Å². The van der Waals surface area contributed by atoms with Crippen molar-refractivity contribution >= 4 is 32.6 Å². The number of carboxylic acid groups (broad SMARTS) is 1. The second-order valence-corrected chi connectivity index (χ2v) is 10.2. The maximum Gasteiger partial charge on any atom is 0.352 e. The highest BCUT2D eigenvalue weighted by Crippen LogP contribution is 2.34. The molecule has 0 aliphatic carbocycles. The molecule has 0 saturated heterocycles. The van der Waals surface area contributed by atoms with Gasteiger partial charge in [0, 0.05) is 40.1 Å². The van der Waals surface area contributed by atoms with E-state index >= 15 is 0 Å². The van der Waals surface area contributed by atoms with Crippen LogP contribution in [0.5, 0.6) is 0 Å². The standard InChI is InChI=1S/C24H23N3O4S/c1-24(2,3)16-6-9-18(10-7-16)32(30,31)27-17-8-11-20-19(13-17)21(22(26-20)23(28)29)15-5-4-12-25-14-15/h4-14,26-27H,1-3H3,(H,28,29). The molecule has 2 aromatic carbocycles. The minimum atomic E-state index is -3.82. The number of nitrogens with zero attached hydrogens (tertiary/aromatic N) is 1. The molecule has 2 heterocycles. The van der Waals surface area contributed by atoms with Crippen molar-refractivity contribution in [2.75, 3.05) is 4.72 Å². The number of sulfonamides is 1. The largest absolute Gasteiger partial charge is 0.477 e. The van der Waals surface area contributed by atoms with Crippen LogP contribution in [0, 0.1) is 0 Å². The van der Waals surface area contributed by atoms with E-state index in [-0.39, 0.29) is 16.0 Å². The Morgan fingerprint density at radius 3 is 2.38 bits per heavy atom. The van der Waals surface area contributed by atoms with Crippen LogP contribution < -0.4 is 4.72 Å². The number of aromatic amines is 1. The summed E-state index contributed by atoms with van der Waals surface area (Å²) in [5, 5.41) is 10.2. The summed E-state index contributed by atoms with van der Waals surface area (Å²) in [5.41, 5.74) is 2.96.